The van der Waals surface area contributed by atoms with E-state index in [0.717, 1.165) is 12.0 Å². The van der Waals surface area contributed by atoms with E-state index in [1.165, 1.54) is 24.7 Å². The predicted octanol–water partition coefficient (Wildman–Crippen LogP) is 4.99. The summed E-state index contributed by atoms with van der Waals surface area (Å²) >= 11 is 7.31. The van der Waals surface area contributed by atoms with Crippen molar-refractivity contribution in [1.29, 1.82) is 0 Å². The van der Waals surface area contributed by atoms with E-state index in [4.69, 9.17) is 20.6 Å². The molecule has 0 saturated heterocycles. The first-order valence-corrected chi connectivity index (χ1v) is 10.0. The van der Waals surface area contributed by atoms with Crippen LogP contribution in [0.2, 0.25) is 5.02 Å². The van der Waals surface area contributed by atoms with Crippen molar-refractivity contribution in [3.8, 4) is 5.75 Å². The Morgan fingerprint density at radius 2 is 2.19 bits per heavy atom. The molecule has 1 aromatic rings. The van der Waals surface area contributed by atoms with Gasteiger partial charge < -0.3 is 9.36 Å². The maximum Gasteiger partial charge on any atom is 0.440 e. The van der Waals surface area contributed by atoms with Crippen LogP contribution in [0.5, 0.6) is 5.75 Å². The summed E-state index contributed by atoms with van der Waals surface area (Å²) in [4.78, 5) is 4.60. The fraction of sp³-hybridized carbons (Fsp3) is 0.462. The Kier molecular flexibility index (Phi) is 8.19. The molecule has 0 aliphatic rings. The highest BCUT2D eigenvalue weighted by Crippen LogP contribution is 2.60. The minimum Gasteiger partial charge on any atom is -0.415 e. The molecule has 0 N–H and O–H groups in total. The molecule has 0 aliphatic heterocycles. The van der Waals surface area contributed by atoms with Gasteiger partial charge in [-0.3, -0.25) is 4.52 Å². The van der Waals surface area contributed by atoms with Gasteiger partial charge in [-0.2, -0.15) is 0 Å². The fourth-order valence-electron chi connectivity index (χ4n) is 1.36. The maximum atomic E-state index is 12.6. The van der Waals surface area contributed by atoms with Crippen LogP contribution in [0.4, 0.5) is 0 Å². The second-order valence-corrected chi connectivity index (χ2v) is 8.42. The molecule has 0 spiro atoms. The predicted molar refractivity (Wildman–Crippen MR) is 88.7 cm³/mol. The van der Waals surface area contributed by atoms with Crippen LogP contribution in [-0.4, -0.2) is 25.7 Å². The summed E-state index contributed by atoms with van der Waals surface area (Å²) < 4.78 is 23.4. The smallest absolute Gasteiger partial charge is 0.415 e. The Hall–Kier alpha value is -0.680. The number of rotatable bonds is 9. The van der Waals surface area contributed by atoms with Crippen LogP contribution in [-0.2, 0) is 13.9 Å². The second-order valence-electron chi connectivity index (χ2n) is 3.90. The monoisotopic (exact) mass is 351 g/mol. The lowest BCUT2D eigenvalue weighted by molar-refractivity contribution is 0.215. The van der Waals surface area contributed by atoms with Crippen molar-refractivity contribution in [1.82, 2.24) is 0 Å². The molecule has 1 aromatic carbocycles. The molecule has 0 aliphatic carbocycles. The molecule has 1 unspecified atom stereocenters. The zero-order chi connectivity index (χ0) is 15.7. The van der Waals surface area contributed by atoms with Crippen molar-refractivity contribution in [2.24, 2.45) is 5.16 Å². The molecule has 0 fully saturated rings. The summed E-state index contributed by atoms with van der Waals surface area (Å²) in [5.41, 5.74) is 0.752. The third-order valence-electron chi connectivity index (χ3n) is 2.21. The first-order chi connectivity index (χ1) is 10.0. The molecule has 1 atom stereocenters. The Morgan fingerprint density at radius 1 is 1.43 bits per heavy atom. The van der Waals surface area contributed by atoms with E-state index < -0.39 is 6.80 Å². The summed E-state index contributed by atoms with van der Waals surface area (Å²) in [6.45, 7) is 0.835. The Labute approximate surface area is 134 Å². The van der Waals surface area contributed by atoms with E-state index in [0.29, 0.717) is 23.1 Å². The zero-order valence-electron chi connectivity index (χ0n) is 12.2. The van der Waals surface area contributed by atoms with Gasteiger partial charge in [-0.25, -0.2) is 4.57 Å². The number of benzene rings is 1. The van der Waals surface area contributed by atoms with Gasteiger partial charge in [0.15, 0.2) is 0 Å². The van der Waals surface area contributed by atoms with Gasteiger partial charge in [0.25, 0.3) is 0 Å². The summed E-state index contributed by atoms with van der Waals surface area (Å²) in [6, 6.07) is 5.03. The molecule has 0 heterocycles. The molecule has 0 amide bonds. The average Bonchev–Trinajstić information content (AvgIpc) is 2.46. The standard InChI is InChI=1S/C13H19ClNO4PS/c1-4-8-21-20(16,18-5-2)19-13-7-6-11(9-12(13)14)10-15-17-3/h6-7,9-10H,4-5,8H2,1-3H3. The Bertz CT molecular complexity index is 527. The van der Waals surface area contributed by atoms with Crippen LogP contribution in [0.1, 0.15) is 25.8 Å². The molecule has 0 aromatic heterocycles. The van der Waals surface area contributed by atoms with Crippen molar-refractivity contribution in [2.45, 2.75) is 20.3 Å². The SMILES string of the molecule is CCCSP(=O)(OCC)Oc1ccc(C=NOC)cc1Cl. The van der Waals surface area contributed by atoms with Gasteiger partial charge in [0.2, 0.25) is 0 Å². The molecular formula is C13H19ClNO4PS. The number of nitrogens with zero attached hydrogens (tertiary/aromatic N) is 1. The van der Waals surface area contributed by atoms with Gasteiger partial charge in [0, 0.05) is 5.75 Å². The summed E-state index contributed by atoms with van der Waals surface area (Å²) in [5, 5.41) is 3.99. The van der Waals surface area contributed by atoms with Crippen LogP contribution in [0, 0.1) is 0 Å². The first-order valence-electron chi connectivity index (χ1n) is 6.49. The fourth-order valence-corrected chi connectivity index (χ4v) is 5.10. The summed E-state index contributed by atoms with van der Waals surface area (Å²) in [6.07, 6.45) is 2.40. The molecule has 1 rings (SSSR count). The lowest BCUT2D eigenvalue weighted by Crippen LogP contribution is -1.97. The normalized spacial score (nSPS) is 14.1. The highest BCUT2D eigenvalue weighted by molar-refractivity contribution is 8.55. The molecule has 8 heteroatoms. The highest BCUT2D eigenvalue weighted by Gasteiger charge is 2.27. The van der Waals surface area contributed by atoms with Crippen molar-refractivity contribution < 1.29 is 18.5 Å². The van der Waals surface area contributed by atoms with Gasteiger partial charge in [-0.15, -0.1) is 0 Å². The van der Waals surface area contributed by atoms with Crippen LogP contribution in [0.15, 0.2) is 23.4 Å². The Balaban J connectivity index is 2.88. The summed E-state index contributed by atoms with van der Waals surface area (Å²) in [5.74, 6) is 1.01. The van der Waals surface area contributed by atoms with E-state index in [1.54, 1.807) is 25.1 Å². The van der Waals surface area contributed by atoms with Gasteiger partial charge in [0.05, 0.1) is 17.8 Å². The van der Waals surface area contributed by atoms with Crippen molar-refractivity contribution in [3.63, 3.8) is 0 Å². The topological polar surface area (TPSA) is 57.1 Å². The van der Waals surface area contributed by atoms with E-state index in [9.17, 15) is 4.57 Å². The van der Waals surface area contributed by atoms with Crippen molar-refractivity contribution >= 4 is 36.0 Å². The number of hydrogen-bond acceptors (Lipinski definition) is 6. The molecule has 0 radical (unpaired) electrons. The molecule has 21 heavy (non-hydrogen) atoms. The van der Waals surface area contributed by atoms with Crippen LogP contribution in [0.25, 0.3) is 0 Å². The lowest BCUT2D eigenvalue weighted by Gasteiger charge is -2.18. The van der Waals surface area contributed by atoms with Gasteiger partial charge in [0.1, 0.15) is 12.9 Å². The number of hydrogen-bond donors (Lipinski definition) is 0. The third kappa shape index (κ3) is 6.30. The minimum atomic E-state index is -3.25. The largest absolute Gasteiger partial charge is 0.440 e. The van der Waals surface area contributed by atoms with Gasteiger partial charge in [-0.1, -0.05) is 23.7 Å². The van der Waals surface area contributed by atoms with Crippen LogP contribution in [0.3, 0.4) is 0 Å². The first kappa shape index (κ1) is 18.4. The van der Waals surface area contributed by atoms with E-state index in [2.05, 4.69) is 9.99 Å². The van der Waals surface area contributed by atoms with Crippen LogP contribution < -0.4 is 4.52 Å². The minimum absolute atomic E-state index is 0.310. The molecular weight excluding hydrogens is 333 g/mol. The molecule has 118 valence electrons. The maximum absolute atomic E-state index is 12.6. The molecule has 5 nitrogen and oxygen atoms in total. The summed E-state index contributed by atoms with van der Waals surface area (Å²) in [7, 11) is 1.46. The number of halogens is 1. The zero-order valence-corrected chi connectivity index (χ0v) is 14.7. The molecule has 0 bridgehead atoms. The Morgan fingerprint density at radius 3 is 2.76 bits per heavy atom. The van der Waals surface area contributed by atoms with E-state index in [-0.39, 0.29) is 0 Å². The van der Waals surface area contributed by atoms with Crippen molar-refractivity contribution in [2.75, 3.05) is 19.5 Å². The molecule has 0 saturated carbocycles. The lowest BCUT2D eigenvalue weighted by atomic mass is 10.2. The van der Waals surface area contributed by atoms with Gasteiger partial charge in [-0.05, 0) is 48.5 Å². The van der Waals surface area contributed by atoms with E-state index in [1.807, 2.05) is 6.92 Å². The average molecular weight is 352 g/mol. The second kappa shape index (κ2) is 9.36. The number of oxime groups is 1. The van der Waals surface area contributed by atoms with Crippen molar-refractivity contribution in [3.05, 3.63) is 28.8 Å². The highest BCUT2D eigenvalue weighted by atomic mass is 35.5. The third-order valence-corrected chi connectivity index (χ3v) is 6.45. The quantitative estimate of drug-likeness (QED) is 0.356. The van der Waals surface area contributed by atoms with E-state index >= 15 is 0 Å². The van der Waals surface area contributed by atoms with Crippen LogP contribution >= 0.6 is 29.8 Å². The van der Waals surface area contributed by atoms with Gasteiger partial charge >= 0.3 is 6.80 Å².